The number of hydrogen-bond acceptors (Lipinski definition) is 6. The molecule has 3 heterocycles. The van der Waals surface area contributed by atoms with E-state index in [0.29, 0.717) is 23.3 Å². The van der Waals surface area contributed by atoms with E-state index in [0.717, 1.165) is 76.9 Å². The summed E-state index contributed by atoms with van der Waals surface area (Å²) in [6.45, 7) is 0. The van der Waals surface area contributed by atoms with Crippen LogP contribution in [-0.4, -0.2) is 24.9 Å². The van der Waals surface area contributed by atoms with Crippen molar-refractivity contribution in [3.8, 4) is 90.2 Å². The number of fused-ring (bicyclic) bond motifs is 4. The van der Waals surface area contributed by atoms with E-state index in [-0.39, 0.29) is 0 Å². The summed E-state index contributed by atoms with van der Waals surface area (Å²) in [5, 5.41) is 3.53. The molecule has 0 atom stereocenters. The second-order valence-electron chi connectivity index (χ2n) is 16.1. The number of hydrogen-bond donors (Lipinski definition) is 0. The van der Waals surface area contributed by atoms with Gasteiger partial charge in [-0.2, -0.15) is 0 Å². The summed E-state index contributed by atoms with van der Waals surface area (Å²) in [6.07, 6.45) is 0. The van der Waals surface area contributed by atoms with E-state index in [9.17, 15) is 0 Å². The Morgan fingerprint density at radius 2 is 0.585 bits per heavy atom. The minimum Gasteiger partial charge on any atom is -0.226 e. The lowest BCUT2D eigenvalue weighted by atomic mass is 10.0. The molecule has 304 valence electrons. The van der Waals surface area contributed by atoms with Crippen LogP contribution in [0.1, 0.15) is 0 Å². The first-order valence-electron chi connectivity index (χ1n) is 21.6. The first-order chi connectivity index (χ1) is 32.2. The maximum atomic E-state index is 5.33. The molecule has 3 aromatic heterocycles. The number of nitrogens with zero attached hydrogens (tertiary/aromatic N) is 5. The Bertz CT molecular complexity index is 3550. The highest BCUT2D eigenvalue weighted by Crippen LogP contribution is 2.41. The number of thiophene rings is 1. The zero-order chi connectivity index (χ0) is 43.1. The zero-order valence-corrected chi connectivity index (χ0v) is 35.8. The lowest BCUT2D eigenvalue weighted by molar-refractivity contribution is 1.07. The normalized spacial score (nSPS) is 11.4. The zero-order valence-electron chi connectivity index (χ0n) is 35.0. The maximum Gasteiger partial charge on any atom is 0.164 e. The van der Waals surface area contributed by atoms with Crippen LogP contribution in [0.5, 0.6) is 0 Å². The molecule has 0 saturated carbocycles. The molecule has 6 heteroatoms. The van der Waals surface area contributed by atoms with Crippen LogP contribution in [0.25, 0.3) is 121 Å². The van der Waals surface area contributed by atoms with Gasteiger partial charge in [0.25, 0.3) is 0 Å². The summed E-state index contributed by atoms with van der Waals surface area (Å²) in [5.41, 5.74) is 13.4. The Balaban J connectivity index is 0.954. The van der Waals surface area contributed by atoms with E-state index in [1.807, 2.05) is 18.2 Å². The molecule has 12 rings (SSSR count). The summed E-state index contributed by atoms with van der Waals surface area (Å²) in [6, 6.07) is 78.2. The van der Waals surface area contributed by atoms with E-state index in [4.69, 9.17) is 24.9 Å². The lowest BCUT2D eigenvalue weighted by Crippen LogP contribution is -2.00. The van der Waals surface area contributed by atoms with Gasteiger partial charge in [-0.05, 0) is 56.3 Å². The molecular weight excluding hydrogens is 811 g/mol. The molecule has 65 heavy (non-hydrogen) atoms. The molecule has 5 nitrogen and oxygen atoms in total. The average Bonchev–Trinajstić information content (AvgIpc) is 3.75. The van der Waals surface area contributed by atoms with Gasteiger partial charge in [0.15, 0.2) is 23.3 Å². The SMILES string of the molecule is c1ccc(-c2ccc(-c3nc(-c4ccc(-c5ccccc5)cc4)nc(-c4ccc(-c5nc(-c6ccc(-c7ccccc7)cc6)c6sc7cc8ccccc8cc7c6n5)cc4)n3)cc2)cc1. The summed E-state index contributed by atoms with van der Waals surface area (Å²) >= 11 is 1.75. The van der Waals surface area contributed by atoms with Crippen LogP contribution in [0.3, 0.4) is 0 Å². The Labute approximate surface area is 380 Å². The molecule has 0 aliphatic heterocycles. The quantitative estimate of drug-likeness (QED) is 0.152. The van der Waals surface area contributed by atoms with Crippen LogP contribution in [0.2, 0.25) is 0 Å². The average molecular weight is 848 g/mol. The summed E-state index contributed by atoms with van der Waals surface area (Å²) < 4.78 is 2.26. The van der Waals surface area contributed by atoms with Gasteiger partial charge in [-0.3, -0.25) is 0 Å². The van der Waals surface area contributed by atoms with Crippen molar-refractivity contribution in [1.29, 1.82) is 0 Å². The molecular formula is C59H37N5S. The van der Waals surface area contributed by atoms with Crippen LogP contribution >= 0.6 is 11.3 Å². The van der Waals surface area contributed by atoms with Crippen molar-refractivity contribution in [2.24, 2.45) is 0 Å². The van der Waals surface area contributed by atoms with Crippen LogP contribution in [0, 0.1) is 0 Å². The monoisotopic (exact) mass is 847 g/mol. The second-order valence-corrected chi connectivity index (χ2v) is 17.1. The largest absolute Gasteiger partial charge is 0.226 e. The van der Waals surface area contributed by atoms with E-state index >= 15 is 0 Å². The summed E-state index contributed by atoms with van der Waals surface area (Å²) in [4.78, 5) is 25.9. The molecule has 0 aliphatic carbocycles. The van der Waals surface area contributed by atoms with Gasteiger partial charge >= 0.3 is 0 Å². The van der Waals surface area contributed by atoms with Gasteiger partial charge in [-0.25, -0.2) is 24.9 Å². The third-order valence-electron chi connectivity index (χ3n) is 12.0. The molecule has 0 bridgehead atoms. The molecule has 0 saturated heterocycles. The van der Waals surface area contributed by atoms with Crippen molar-refractivity contribution < 1.29 is 0 Å². The van der Waals surface area contributed by atoms with Crippen LogP contribution in [0.4, 0.5) is 0 Å². The van der Waals surface area contributed by atoms with Crippen molar-refractivity contribution in [2.45, 2.75) is 0 Å². The number of aromatic nitrogens is 5. The van der Waals surface area contributed by atoms with Gasteiger partial charge in [-0.1, -0.05) is 212 Å². The van der Waals surface area contributed by atoms with E-state index in [1.165, 1.54) is 21.0 Å². The van der Waals surface area contributed by atoms with E-state index in [2.05, 4.69) is 206 Å². The highest BCUT2D eigenvalue weighted by Gasteiger charge is 2.19. The first kappa shape index (κ1) is 38.2. The van der Waals surface area contributed by atoms with Crippen LogP contribution in [0.15, 0.2) is 224 Å². The van der Waals surface area contributed by atoms with Gasteiger partial charge in [0, 0.05) is 37.9 Å². The smallest absolute Gasteiger partial charge is 0.164 e. The van der Waals surface area contributed by atoms with Crippen molar-refractivity contribution in [1.82, 2.24) is 24.9 Å². The number of benzene rings is 9. The predicted molar refractivity (Wildman–Crippen MR) is 269 cm³/mol. The van der Waals surface area contributed by atoms with Gasteiger partial charge in [0.2, 0.25) is 0 Å². The minimum absolute atomic E-state index is 0.585. The molecule has 0 aliphatic rings. The first-order valence-corrected chi connectivity index (χ1v) is 22.5. The second kappa shape index (κ2) is 16.3. The molecule has 9 aromatic carbocycles. The third kappa shape index (κ3) is 7.42. The molecule has 12 aromatic rings. The Morgan fingerprint density at radius 1 is 0.262 bits per heavy atom. The molecule has 0 spiro atoms. The fourth-order valence-electron chi connectivity index (χ4n) is 8.52. The predicted octanol–water partition coefficient (Wildman–Crippen LogP) is 15.5. The van der Waals surface area contributed by atoms with Gasteiger partial charge in [0.1, 0.15) is 0 Å². The molecule has 0 radical (unpaired) electrons. The molecule has 0 amide bonds. The molecule has 0 fully saturated rings. The minimum atomic E-state index is 0.585. The van der Waals surface area contributed by atoms with Crippen molar-refractivity contribution >= 4 is 42.4 Å². The Hall–Kier alpha value is -8.45. The lowest BCUT2D eigenvalue weighted by Gasteiger charge is -2.11. The highest BCUT2D eigenvalue weighted by molar-refractivity contribution is 7.26. The standard InChI is InChI=1S/C59H37N5S/c1-4-12-38(13-5-1)41-20-26-44(27-21-41)53-55-54(51-36-49-18-10-11-19-50(49)37-52(51)65-55)61-56(60-53)45-32-34-48(35-33-45)59-63-57(46-28-22-42(23-29-46)39-14-6-2-7-15-39)62-58(64-59)47-30-24-43(25-31-47)40-16-8-3-9-17-40/h1-37H. The van der Waals surface area contributed by atoms with E-state index < -0.39 is 0 Å². The fraction of sp³-hybridized carbons (Fsp3) is 0. The summed E-state index contributed by atoms with van der Waals surface area (Å²) in [5.74, 6) is 2.46. The fourth-order valence-corrected chi connectivity index (χ4v) is 9.70. The van der Waals surface area contributed by atoms with Crippen molar-refractivity contribution in [3.05, 3.63) is 224 Å². The highest BCUT2D eigenvalue weighted by atomic mass is 32.1. The number of rotatable bonds is 8. The van der Waals surface area contributed by atoms with Gasteiger partial charge < -0.3 is 0 Å². The summed E-state index contributed by atoms with van der Waals surface area (Å²) in [7, 11) is 0. The topological polar surface area (TPSA) is 64.5 Å². The van der Waals surface area contributed by atoms with Crippen LogP contribution < -0.4 is 0 Å². The molecule has 0 unspecified atom stereocenters. The van der Waals surface area contributed by atoms with Crippen molar-refractivity contribution in [2.75, 3.05) is 0 Å². The third-order valence-corrected chi connectivity index (χ3v) is 13.1. The molecule has 0 N–H and O–H groups in total. The van der Waals surface area contributed by atoms with Gasteiger partial charge in [-0.15, -0.1) is 11.3 Å². The van der Waals surface area contributed by atoms with E-state index in [1.54, 1.807) is 11.3 Å². The Morgan fingerprint density at radius 3 is 1.00 bits per heavy atom. The maximum absolute atomic E-state index is 5.33. The Kier molecular flexibility index (Phi) is 9.62. The van der Waals surface area contributed by atoms with Crippen LogP contribution in [-0.2, 0) is 0 Å². The van der Waals surface area contributed by atoms with Crippen molar-refractivity contribution in [3.63, 3.8) is 0 Å². The van der Waals surface area contributed by atoms with Gasteiger partial charge in [0.05, 0.1) is 15.9 Å².